The average Bonchev–Trinajstić information content (AvgIpc) is 2.65. The maximum absolute atomic E-state index is 11.9. The van der Waals surface area contributed by atoms with Crippen LogP contribution in [0.5, 0.6) is 5.75 Å². The number of hydrogen-bond donors (Lipinski definition) is 2. The van der Waals surface area contributed by atoms with E-state index in [4.69, 9.17) is 4.74 Å². The largest absolute Gasteiger partial charge is 0.508 e. The smallest absolute Gasteiger partial charge is 0.328 e. The molecule has 1 aromatic carbocycles. The van der Waals surface area contributed by atoms with Crippen molar-refractivity contribution < 1.29 is 9.84 Å². The Morgan fingerprint density at radius 3 is 3.06 bits per heavy atom. The number of nitrogens with zero attached hydrogens (tertiary/aromatic N) is 1. The summed E-state index contributed by atoms with van der Waals surface area (Å²) in [6.07, 6.45) is 2.72. The minimum atomic E-state index is -0.216. The molecule has 0 amide bonds. The summed E-state index contributed by atoms with van der Waals surface area (Å²) in [5, 5.41) is 9.49. The molecule has 0 spiro atoms. The maximum Gasteiger partial charge on any atom is 0.328 e. The molecule has 1 fully saturated rings. The molecule has 1 aliphatic heterocycles. The van der Waals surface area contributed by atoms with Gasteiger partial charge in [0, 0.05) is 12.7 Å². The predicted octanol–water partition coefficient (Wildman–Crippen LogP) is 1.73. The van der Waals surface area contributed by atoms with Gasteiger partial charge in [0.2, 0.25) is 0 Å². The van der Waals surface area contributed by atoms with E-state index < -0.39 is 0 Å². The molecule has 5 heteroatoms. The van der Waals surface area contributed by atoms with Crippen molar-refractivity contribution in [1.82, 2.24) is 9.55 Å². The minimum absolute atomic E-state index is 0.154. The van der Waals surface area contributed by atoms with Gasteiger partial charge in [0.25, 0.3) is 0 Å². The molecule has 0 bridgehead atoms. The molecule has 1 aromatic heterocycles. The Morgan fingerprint density at radius 2 is 2.29 bits per heavy atom. The zero-order valence-corrected chi connectivity index (χ0v) is 9.35. The van der Waals surface area contributed by atoms with E-state index in [0.717, 1.165) is 24.8 Å². The molecule has 5 nitrogen and oxygen atoms in total. The first-order valence-corrected chi connectivity index (χ1v) is 5.80. The Labute approximate surface area is 97.6 Å². The summed E-state index contributed by atoms with van der Waals surface area (Å²) in [7, 11) is 0. The maximum atomic E-state index is 11.9. The van der Waals surface area contributed by atoms with Gasteiger partial charge in [0.1, 0.15) is 12.0 Å². The predicted molar refractivity (Wildman–Crippen MR) is 63.1 cm³/mol. The molecule has 2 heterocycles. The van der Waals surface area contributed by atoms with Crippen molar-refractivity contribution in [3.05, 3.63) is 28.7 Å². The number of rotatable bonds is 1. The number of aromatic nitrogens is 2. The number of benzene rings is 1. The standard InChI is InChI=1S/C12H14N2O3/c15-8-4-5-9-10(7-8)14(12(16)13-9)11-3-1-2-6-17-11/h4-5,7,11,15H,1-3,6H2,(H,13,16). The number of imidazole rings is 1. The third kappa shape index (κ3) is 1.72. The summed E-state index contributed by atoms with van der Waals surface area (Å²) >= 11 is 0. The fourth-order valence-electron chi connectivity index (χ4n) is 2.32. The van der Waals surface area contributed by atoms with Crippen molar-refractivity contribution >= 4 is 11.0 Å². The summed E-state index contributed by atoms with van der Waals surface area (Å²) in [4.78, 5) is 14.7. The number of aromatic hydroxyl groups is 1. The van der Waals surface area contributed by atoms with Gasteiger partial charge in [-0.05, 0) is 31.4 Å². The first-order valence-electron chi connectivity index (χ1n) is 5.80. The van der Waals surface area contributed by atoms with Crippen molar-refractivity contribution in [2.45, 2.75) is 25.5 Å². The zero-order chi connectivity index (χ0) is 11.8. The van der Waals surface area contributed by atoms with Crippen LogP contribution in [0.2, 0.25) is 0 Å². The molecule has 1 saturated heterocycles. The second kappa shape index (κ2) is 3.92. The van der Waals surface area contributed by atoms with Crippen LogP contribution in [0.15, 0.2) is 23.0 Å². The fourth-order valence-corrected chi connectivity index (χ4v) is 2.32. The van der Waals surface area contributed by atoms with Crippen molar-refractivity contribution in [3.63, 3.8) is 0 Å². The van der Waals surface area contributed by atoms with E-state index in [1.54, 1.807) is 22.8 Å². The van der Waals surface area contributed by atoms with Gasteiger partial charge in [-0.2, -0.15) is 0 Å². The molecule has 1 atom stereocenters. The first-order chi connectivity index (χ1) is 8.25. The molecular formula is C12H14N2O3. The van der Waals surface area contributed by atoms with E-state index in [1.165, 1.54) is 0 Å². The average molecular weight is 234 g/mol. The quantitative estimate of drug-likeness (QED) is 0.789. The van der Waals surface area contributed by atoms with Crippen molar-refractivity contribution in [1.29, 1.82) is 0 Å². The molecule has 17 heavy (non-hydrogen) atoms. The van der Waals surface area contributed by atoms with Crippen LogP contribution < -0.4 is 5.69 Å². The summed E-state index contributed by atoms with van der Waals surface area (Å²) in [5.41, 5.74) is 1.24. The lowest BCUT2D eigenvalue weighted by atomic mass is 10.2. The summed E-state index contributed by atoms with van der Waals surface area (Å²) in [5.74, 6) is 0.154. The number of fused-ring (bicyclic) bond motifs is 1. The number of nitrogens with one attached hydrogen (secondary N) is 1. The third-order valence-electron chi connectivity index (χ3n) is 3.14. The van der Waals surface area contributed by atoms with E-state index >= 15 is 0 Å². The van der Waals surface area contributed by atoms with Crippen LogP contribution in [0.3, 0.4) is 0 Å². The van der Waals surface area contributed by atoms with E-state index in [2.05, 4.69) is 4.98 Å². The SMILES string of the molecule is O=c1[nH]c2ccc(O)cc2n1C1CCCCO1. The number of phenolic OH excluding ortho intramolecular Hbond substituents is 1. The zero-order valence-electron chi connectivity index (χ0n) is 9.35. The molecule has 3 rings (SSSR count). The Morgan fingerprint density at radius 1 is 1.41 bits per heavy atom. The Balaban J connectivity index is 2.16. The van der Waals surface area contributed by atoms with Crippen molar-refractivity contribution in [2.75, 3.05) is 6.61 Å². The molecule has 0 saturated carbocycles. The van der Waals surface area contributed by atoms with Crippen LogP contribution in [0.4, 0.5) is 0 Å². The summed E-state index contributed by atoms with van der Waals surface area (Å²) < 4.78 is 7.20. The molecular weight excluding hydrogens is 220 g/mol. The van der Waals surface area contributed by atoms with E-state index in [1.807, 2.05) is 0 Å². The highest BCUT2D eigenvalue weighted by Gasteiger charge is 2.20. The molecule has 0 radical (unpaired) electrons. The second-order valence-electron chi connectivity index (χ2n) is 4.32. The van der Waals surface area contributed by atoms with Gasteiger partial charge >= 0.3 is 5.69 Å². The Hall–Kier alpha value is -1.75. The topological polar surface area (TPSA) is 67.2 Å². The fraction of sp³-hybridized carbons (Fsp3) is 0.417. The Kier molecular flexibility index (Phi) is 2.40. The van der Waals surface area contributed by atoms with E-state index in [-0.39, 0.29) is 17.7 Å². The third-order valence-corrected chi connectivity index (χ3v) is 3.14. The van der Waals surface area contributed by atoms with E-state index in [0.29, 0.717) is 12.1 Å². The lowest BCUT2D eigenvalue weighted by Gasteiger charge is -2.23. The highest BCUT2D eigenvalue weighted by Crippen LogP contribution is 2.26. The number of H-pyrrole nitrogens is 1. The molecule has 2 aromatic rings. The first kappa shape index (κ1) is 10.4. The van der Waals surface area contributed by atoms with Gasteiger partial charge in [0.05, 0.1) is 11.0 Å². The summed E-state index contributed by atoms with van der Waals surface area (Å²) in [6.45, 7) is 0.683. The van der Waals surface area contributed by atoms with Crippen molar-refractivity contribution in [2.24, 2.45) is 0 Å². The Bertz CT molecular complexity index is 593. The highest BCUT2D eigenvalue weighted by molar-refractivity contribution is 5.76. The van der Waals surface area contributed by atoms with Gasteiger partial charge in [-0.3, -0.25) is 4.57 Å². The van der Waals surface area contributed by atoms with Gasteiger partial charge in [-0.25, -0.2) is 4.79 Å². The lowest BCUT2D eigenvalue weighted by molar-refractivity contribution is -0.0313. The van der Waals surface area contributed by atoms with Crippen molar-refractivity contribution in [3.8, 4) is 5.75 Å². The molecule has 2 N–H and O–H groups in total. The van der Waals surface area contributed by atoms with E-state index in [9.17, 15) is 9.90 Å². The lowest BCUT2D eigenvalue weighted by Crippen LogP contribution is -2.26. The van der Waals surface area contributed by atoms with Gasteiger partial charge in [0.15, 0.2) is 0 Å². The number of hydrogen-bond acceptors (Lipinski definition) is 3. The van der Waals surface area contributed by atoms with Gasteiger partial charge in [-0.1, -0.05) is 0 Å². The van der Waals surface area contributed by atoms with Crippen LogP contribution >= 0.6 is 0 Å². The molecule has 1 aliphatic rings. The van der Waals surface area contributed by atoms with Crippen LogP contribution in [0.25, 0.3) is 11.0 Å². The van der Waals surface area contributed by atoms with Crippen LogP contribution in [0.1, 0.15) is 25.5 Å². The summed E-state index contributed by atoms with van der Waals surface area (Å²) in [6, 6.07) is 4.85. The highest BCUT2D eigenvalue weighted by atomic mass is 16.5. The molecule has 1 unspecified atom stereocenters. The van der Waals surface area contributed by atoms with Crippen LogP contribution in [-0.4, -0.2) is 21.3 Å². The normalized spacial score (nSPS) is 20.8. The molecule has 90 valence electrons. The van der Waals surface area contributed by atoms with Gasteiger partial charge in [-0.15, -0.1) is 0 Å². The number of aromatic amines is 1. The van der Waals surface area contributed by atoms with Crippen LogP contribution in [0, 0.1) is 0 Å². The van der Waals surface area contributed by atoms with Crippen LogP contribution in [-0.2, 0) is 4.74 Å². The van der Waals surface area contributed by atoms with Gasteiger partial charge < -0.3 is 14.8 Å². The number of phenols is 1. The minimum Gasteiger partial charge on any atom is -0.508 e. The second-order valence-corrected chi connectivity index (χ2v) is 4.32. The molecule has 0 aliphatic carbocycles. The monoisotopic (exact) mass is 234 g/mol. The number of ether oxygens (including phenoxy) is 1.